The normalized spacial score (nSPS) is 16.0. The third-order valence-corrected chi connectivity index (χ3v) is 4.34. The molecule has 1 aliphatic rings. The van der Waals surface area contributed by atoms with E-state index in [2.05, 4.69) is 25.5 Å². The first-order chi connectivity index (χ1) is 11.7. The number of ether oxygens (including phenoxy) is 1. The van der Waals surface area contributed by atoms with Crippen LogP contribution >= 0.6 is 0 Å². The molecule has 7 nitrogen and oxygen atoms in total. The summed E-state index contributed by atoms with van der Waals surface area (Å²) in [6.07, 6.45) is 4.44. The zero-order valence-corrected chi connectivity index (χ0v) is 14.7. The monoisotopic (exact) mass is 333 g/mol. The van der Waals surface area contributed by atoms with E-state index < -0.39 is 0 Å². The third kappa shape index (κ3) is 5.11. The quantitative estimate of drug-likeness (QED) is 0.621. The Hall–Kier alpha value is -2.31. The highest BCUT2D eigenvalue weighted by Crippen LogP contribution is 2.20. The molecule has 0 saturated carbocycles. The van der Waals surface area contributed by atoms with Crippen LogP contribution in [0, 0.1) is 5.92 Å². The average molecular weight is 333 g/mol. The number of piperidine rings is 1. The van der Waals surface area contributed by atoms with Gasteiger partial charge in [-0.05, 0) is 24.3 Å². The van der Waals surface area contributed by atoms with Crippen LogP contribution in [0.4, 0.5) is 0 Å². The van der Waals surface area contributed by atoms with Crippen LogP contribution in [0.1, 0.15) is 24.8 Å². The maximum absolute atomic E-state index is 11.5. The van der Waals surface area contributed by atoms with E-state index in [1.807, 2.05) is 12.1 Å². The summed E-state index contributed by atoms with van der Waals surface area (Å²) in [5.41, 5.74) is 1.08. The summed E-state index contributed by atoms with van der Waals surface area (Å²) in [5.74, 6) is 2.10. The van der Waals surface area contributed by atoms with Crippen molar-refractivity contribution in [1.82, 2.24) is 20.5 Å². The van der Waals surface area contributed by atoms with Crippen molar-refractivity contribution in [2.24, 2.45) is 10.9 Å². The molecule has 0 spiro atoms. The summed E-state index contributed by atoms with van der Waals surface area (Å²) in [6.45, 7) is 2.51. The molecule has 1 aromatic rings. The van der Waals surface area contributed by atoms with Gasteiger partial charge >= 0.3 is 0 Å². The second kappa shape index (κ2) is 9.10. The van der Waals surface area contributed by atoms with E-state index in [1.165, 1.54) is 0 Å². The van der Waals surface area contributed by atoms with Gasteiger partial charge in [0, 0.05) is 52.4 Å². The van der Waals surface area contributed by atoms with Gasteiger partial charge in [0.15, 0.2) is 5.96 Å². The van der Waals surface area contributed by atoms with Crippen molar-refractivity contribution < 1.29 is 9.53 Å². The van der Waals surface area contributed by atoms with Gasteiger partial charge in [0.25, 0.3) is 0 Å². The Kier molecular flexibility index (Phi) is 6.84. The van der Waals surface area contributed by atoms with Gasteiger partial charge in [-0.25, -0.2) is 4.98 Å². The molecule has 0 radical (unpaired) electrons. The van der Waals surface area contributed by atoms with E-state index in [9.17, 15) is 4.79 Å². The second-order valence-electron chi connectivity index (χ2n) is 5.92. The SMILES string of the molecule is CN=C(NCc1ccc(OC)nc1)N1CCC(CC(=O)NC)CC1. The van der Waals surface area contributed by atoms with Crippen molar-refractivity contribution in [2.45, 2.75) is 25.8 Å². The predicted molar refractivity (Wildman–Crippen MR) is 94.0 cm³/mol. The van der Waals surface area contributed by atoms with Gasteiger partial charge in [0.1, 0.15) is 0 Å². The Morgan fingerprint density at radius 2 is 2.17 bits per heavy atom. The minimum absolute atomic E-state index is 0.128. The van der Waals surface area contributed by atoms with Gasteiger partial charge < -0.3 is 20.3 Å². The summed E-state index contributed by atoms with van der Waals surface area (Å²) >= 11 is 0. The number of carbonyl (C=O) groups is 1. The van der Waals surface area contributed by atoms with Gasteiger partial charge in [-0.1, -0.05) is 6.07 Å². The molecule has 0 aromatic carbocycles. The summed E-state index contributed by atoms with van der Waals surface area (Å²) in [7, 11) is 5.10. The number of methoxy groups -OCH3 is 1. The highest BCUT2D eigenvalue weighted by molar-refractivity contribution is 5.80. The van der Waals surface area contributed by atoms with Gasteiger partial charge in [-0.2, -0.15) is 0 Å². The maximum Gasteiger partial charge on any atom is 0.220 e. The first kappa shape index (κ1) is 18.0. The number of aromatic nitrogens is 1. The number of nitrogens with one attached hydrogen (secondary N) is 2. The largest absolute Gasteiger partial charge is 0.481 e. The first-order valence-corrected chi connectivity index (χ1v) is 8.31. The zero-order valence-electron chi connectivity index (χ0n) is 14.7. The van der Waals surface area contributed by atoms with Crippen molar-refractivity contribution in [1.29, 1.82) is 0 Å². The Morgan fingerprint density at radius 3 is 2.71 bits per heavy atom. The van der Waals surface area contributed by atoms with Crippen LogP contribution in [0.5, 0.6) is 5.88 Å². The van der Waals surface area contributed by atoms with Gasteiger partial charge in [-0.3, -0.25) is 9.79 Å². The van der Waals surface area contributed by atoms with Gasteiger partial charge in [-0.15, -0.1) is 0 Å². The molecule has 132 valence electrons. The van der Waals surface area contributed by atoms with Crippen LogP contribution in [0.2, 0.25) is 0 Å². The molecule has 0 unspecified atom stereocenters. The highest BCUT2D eigenvalue weighted by atomic mass is 16.5. The van der Waals surface area contributed by atoms with Crippen LogP contribution in [-0.2, 0) is 11.3 Å². The summed E-state index contributed by atoms with van der Waals surface area (Å²) < 4.78 is 5.06. The molecule has 0 aliphatic carbocycles. The summed E-state index contributed by atoms with van der Waals surface area (Å²) in [5, 5.41) is 6.08. The molecule has 1 aromatic heterocycles. The topological polar surface area (TPSA) is 78.9 Å². The van der Waals surface area contributed by atoms with E-state index in [0.717, 1.165) is 37.5 Å². The standard InChI is InChI=1S/C17H27N5O2/c1-18-15(23)10-13-6-8-22(9-7-13)17(19-2)21-12-14-4-5-16(24-3)20-11-14/h4-5,11,13H,6-10,12H2,1-3H3,(H,18,23)(H,19,21). The lowest BCUT2D eigenvalue weighted by molar-refractivity contribution is -0.121. The highest BCUT2D eigenvalue weighted by Gasteiger charge is 2.22. The number of likely N-dealkylation sites (tertiary alicyclic amines) is 1. The van der Waals surface area contributed by atoms with Gasteiger partial charge in [0.2, 0.25) is 11.8 Å². The van der Waals surface area contributed by atoms with Crippen LogP contribution in [0.3, 0.4) is 0 Å². The Morgan fingerprint density at radius 1 is 1.42 bits per heavy atom. The fourth-order valence-corrected chi connectivity index (χ4v) is 2.86. The number of aliphatic imine (C=N–C) groups is 1. The van der Waals surface area contributed by atoms with Crippen molar-refractivity contribution >= 4 is 11.9 Å². The molecule has 2 rings (SSSR count). The van der Waals surface area contributed by atoms with Crippen LogP contribution in [0.15, 0.2) is 23.3 Å². The minimum atomic E-state index is 0.128. The van der Waals surface area contributed by atoms with Crippen LogP contribution in [-0.4, -0.2) is 56.0 Å². The number of amides is 1. The number of pyridine rings is 1. The van der Waals surface area contributed by atoms with Crippen LogP contribution in [0.25, 0.3) is 0 Å². The molecule has 1 saturated heterocycles. The molecule has 24 heavy (non-hydrogen) atoms. The summed E-state index contributed by atoms with van der Waals surface area (Å²) in [4.78, 5) is 22.3. The number of guanidine groups is 1. The lowest BCUT2D eigenvalue weighted by Gasteiger charge is -2.34. The van der Waals surface area contributed by atoms with E-state index in [-0.39, 0.29) is 5.91 Å². The first-order valence-electron chi connectivity index (χ1n) is 8.31. The number of carbonyl (C=O) groups excluding carboxylic acids is 1. The lowest BCUT2D eigenvalue weighted by atomic mass is 9.93. The molecule has 1 amide bonds. The molecule has 2 heterocycles. The molecule has 2 N–H and O–H groups in total. The van der Waals surface area contributed by atoms with Crippen molar-refractivity contribution in [3.05, 3.63) is 23.9 Å². The minimum Gasteiger partial charge on any atom is -0.481 e. The molecule has 0 atom stereocenters. The zero-order chi connectivity index (χ0) is 17.4. The number of hydrogen-bond acceptors (Lipinski definition) is 4. The average Bonchev–Trinajstić information content (AvgIpc) is 2.63. The van der Waals surface area contributed by atoms with E-state index in [4.69, 9.17) is 4.74 Å². The van der Waals surface area contributed by atoms with E-state index in [0.29, 0.717) is 24.8 Å². The molecule has 1 fully saturated rings. The van der Waals surface area contributed by atoms with Crippen molar-refractivity contribution in [3.63, 3.8) is 0 Å². The number of nitrogens with zero attached hydrogens (tertiary/aromatic N) is 3. The smallest absolute Gasteiger partial charge is 0.220 e. The van der Waals surface area contributed by atoms with Crippen molar-refractivity contribution in [2.75, 3.05) is 34.3 Å². The number of rotatable bonds is 5. The number of hydrogen-bond donors (Lipinski definition) is 2. The molecular formula is C17H27N5O2. The van der Waals surface area contributed by atoms with Crippen LogP contribution < -0.4 is 15.4 Å². The predicted octanol–water partition coefficient (Wildman–Crippen LogP) is 1.01. The summed E-state index contributed by atoms with van der Waals surface area (Å²) in [6, 6.07) is 3.84. The second-order valence-corrected chi connectivity index (χ2v) is 5.92. The van der Waals surface area contributed by atoms with Crippen molar-refractivity contribution in [3.8, 4) is 5.88 Å². The molecule has 0 bridgehead atoms. The molecule has 7 heteroatoms. The fourth-order valence-electron chi connectivity index (χ4n) is 2.86. The van der Waals surface area contributed by atoms with E-state index >= 15 is 0 Å². The van der Waals surface area contributed by atoms with Gasteiger partial charge in [0.05, 0.1) is 7.11 Å². The Balaban J connectivity index is 1.81. The Bertz CT molecular complexity index is 551. The molecule has 1 aliphatic heterocycles. The fraction of sp³-hybridized carbons (Fsp3) is 0.588. The Labute approximate surface area is 143 Å². The third-order valence-electron chi connectivity index (χ3n) is 4.34. The molecular weight excluding hydrogens is 306 g/mol. The van der Waals surface area contributed by atoms with E-state index in [1.54, 1.807) is 27.4 Å². The lowest BCUT2D eigenvalue weighted by Crippen LogP contribution is -2.45. The maximum atomic E-state index is 11.5.